The third-order valence-corrected chi connectivity index (χ3v) is 2.45. The van der Waals surface area contributed by atoms with Crippen LogP contribution < -0.4 is 10.7 Å². The number of hydrogen-bond donors (Lipinski definition) is 2. The van der Waals surface area contributed by atoms with Crippen molar-refractivity contribution in [3.8, 4) is 0 Å². The van der Waals surface area contributed by atoms with Crippen LogP contribution in [0.15, 0.2) is 28.9 Å². The van der Waals surface area contributed by atoms with Gasteiger partial charge >= 0.3 is 0 Å². The van der Waals surface area contributed by atoms with Crippen molar-refractivity contribution in [2.75, 3.05) is 6.54 Å². The average molecular weight is 249 g/mol. The molecule has 0 bridgehead atoms. The highest BCUT2D eigenvalue weighted by Crippen LogP contribution is 1.99. The van der Waals surface area contributed by atoms with Crippen LogP contribution in [0.3, 0.4) is 0 Å². The van der Waals surface area contributed by atoms with Crippen molar-refractivity contribution in [3.63, 3.8) is 0 Å². The Hall–Kier alpha value is -1.91. The van der Waals surface area contributed by atoms with Crippen molar-refractivity contribution in [2.45, 2.75) is 33.1 Å². The Labute approximate surface area is 107 Å². The van der Waals surface area contributed by atoms with E-state index < -0.39 is 0 Å². The molecule has 0 saturated carbocycles. The molecule has 18 heavy (non-hydrogen) atoms. The first-order chi connectivity index (χ1) is 8.63. The van der Waals surface area contributed by atoms with Gasteiger partial charge in [-0.3, -0.25) is 9.59 Å². The molecule has 0 spiro atoms. The van der Waals surface area contributed by atoms with E-state index in [-0.39, 0.29) is 11.8 Å². The Morgan fingerprint density at radius 1 is 1.50 bits per heavy atom. The number of hydrogen-bond acceptors (Lipinski definition) is 3. The third kappa shape index (κ3) is 4.95. The molecule has 0 aliphatic carbocycles. The second kappa shape index (κ2) is 7.42. The van der Waals surface area contributed by atoms with E-state index in [0.29, 0.717) is 25.1 Å². The molecule has 2 amide bonds. The number of allylic oxidation sites excluding steroid dienone is 3. The molecule has 0 aromatic heterocycles. The lowest BCUT2D eigenvalue weighted by Gasteiger charge is -2.10. The molecule has 0 radical (unpaired) electrons. The van der Waals surface area contributed by atoms with Gasteiger partial charge in [0.25, 0.3) is 5.91 Å². The van der Waals surface area contributed by atoms with Crippen LogP contribution in [0, 0.1) is 0 Å². The first-order valence-electron chi connectivity index (χ1n) is 6.10. The molecule has 5 nitrogen and oxygen atoms in total. The van der Waals surface area contributed by atoms with E-state index in [9.17, 15) is 9.59 Å². The quantitative estimate of drug-likeness (QED) is 0.720. The van der Waals surface area contributed by atoms with Gasteiger partial charge in [0.15, 0.2) is 0 Å². The largest absolute Gasteiger partial charge is 0.347 e. The minimum atomic E-state index is -0.225. The van der Waals surface area contributed by atoms with E-state index in [1.165, 1.54) is 5.57 Å². The summed E-state index contributed by atoms with van der Waals surface area (Å²) in [5.41, 5.74) is 3.85. The first-order valence-corrected chi connectivity index (χ1v) is 6.10. The lowest BCUT2D eigenvalue weighted by molar-refractivity contribution is -0.121. The molecule has 0 aromatic carbocycles. The van der Waals surface area contributed by atoms with Crippen molar-refractivity contribution in [1.82, 2.24) is 10.7 Å². The highest BCUT2D eigenvalue weighted by molar-refractivity contribution is 6.39. The normalized spacial score (nSPS) is 16.4. The Morgan fingerprint density at radius 3 is 2.89 bits per heavy atom. The zero-order chi connectivity index (χ0) is 13.4. The van der Waals surface area contributed by atoms with Crippen LogP contribution in [0.5, 0.6) is 0 Å². The molecule has 1 heterocycles. The zero-order valence-electron chi connectivity index (χ0n) is 10.8. The highest BCUT2D eigenvalue weighted by atomic mass is 16.2. The Bertz CT molecular complexity index is 408. The summed E-state index contributed by atoms with van der Waals surface area (Å²) in [4.78, 5) is 22.5. The minimum Gasteiger partial charge on any atom is -0.347 e. The van der Waals surface area contributed by atoms with Crippen molar-refractivity contribution in [3.05, 3.63) is 23.8 Å². The van der Waals surface area contributed by atoms with Crippen LogP contribution in [-0.2, 0) is 9.59 Å². The molecule has 1 rings (SSSR count). The maximum Gasteiger partial charge on any atom is 0.267 e. The van der Waals surface area contributed by atoms with Gasteiger partial charge in [-0.2, -0.15) is 5.10 Å². The van der Waals surface area contributed by atoms with Crippen LogP contribution in [-0.4, -0.2) is 24.1 Å². The van der Waals surface area contributed by atoms with Crippen molar-refractivity contribution >= 4 is 17.5 Å². The van der Waals surface area contributed by atoms with Gasteiger partial charge in [-0.1, -0.05) is 30.7 Å². The predicted octanol–water partition coefficient (Wildman–Crippen LogP) is 1.28. The van der Waals surface area contributed by atoms with Gasteiger partial charge in [-0.25, -0.2) is 5.43 Å². The summed E-state index contributed by atoms with van der Waals surface area (Å²) in [6.07, 6.45) is 7.68. The van der Waals surface area contributed by atoms with Crippen LogP contribution in [0.25, 0.3) is 0 Å². The van der Waals surface area contributed by atoms with E-state index in [0.717, 1.165) is 6.42 Å². The van der Waals surface area contributed by atoms with Gasteiger partial charge in [-0.15, -0.1) is 0 Å². The summed E-state index contributed by atoms with van der Waals surface area (Å²) in [5, 5.41) is 6.45. The molecule has 0 aromatic rings. The number of rotatable bonds is 5. The molecular formula is C13H19N3O2. The summed E-state index contributed by atoms with van der Waals surface area (Å²) in [6, 6.07) is 0. The SMILES string of the molecule is CC/C=C(\C)C=CCNC(=O)C1=NNC(=O)CC1. The van der Waals surface area contributed by atoms with Gasteiger partial charge in [-0.05, 0) is 13.3 Å². The van der Waals surface area contributed by atoms with Crippen LogP contribution in [0.1, 0.15) is 33.1 Å². The fourth-order valence-electron chi connectivity index (χ4n) is 1.53. The van der Waals surface area contributed by atoms with Crippen LogP contribution >= 0.6 is 0 Å². The van der Waals surface area contributed by atoms with E-state index in [2.05, 4.69) is 28.8 Å². The van der Waals surface area contributed by atoms with Crippen molar-refractivity contribution in [2.24, 2.45) is 5.10 Å². The van der Waals surface area contributed by atoms with Crippen LogP contribution in [0.4, 0.5) is 0 Å². The third-order valence-electron chi connectivity index (χ3n) is 2.45. The standard InChI is InChI=1S/C13H19N3O2/c1-3-5-10(2)6-4-9-14-13(18)11-7-8-12(17)16-15-11/h4-6H,3,7-9H2,1-2H3,(H,14,18)(H,16,17)/b6-4?,10-5+. The average Bonchev–Trinajstić information content (AvgIpc) is 2.35. The smallest absolute Gasteiger partial charge is 0.267 e. The number of nitrogens with zero attached hydrogens (tertiary/aromatic N) is 1. The molecule has 2 N–H and O–H groups in total. The molecular weight excluding hydrogens is 230 g/mol. The van der Waals surface area contributed by atoms with Gasteiger partial charge in [0.1, 0.15) is 5.71 Å². The molecule has 98 valence electrons. The summed E-state index contributed by atoms with van der Waals surface area (Å²) >= 11 is 0. The molecule has 0 fully saturated rings. The molecule has 0 unspecified atom stereocenters. The molecule has 1 aliphatic heterocycles. The molecule has 1 aliphatic rings. The number of amides is 2. The topological polar surface area (TPSA) is 70.6 Å². The highest BCUT2D eigenvalue weighted by Gasteiger charge is 2.17. The van der Waals surface area contributed by atoms with E-state index >= 15 is 0 Å². The lowest BCUT2D eigenvalue weighted by atomic mass is 10.1. The number of hydrazone groups is 1. The van der Waals surface area contributed by atoms with Crippen LogP contribution in [0.2, 0.25) is 0 Å². The number of carbonyl (C=O) groups is 2. The van der Waals surface area contributed by atoms with Gasteiger partial charge in [0.05, 0.1) is 0 Å². The van der Waals surface area contributed by atoms with Gasteiger partial charge in [0.2, 0.25) is 5.91 Å². The van der Waals surface area contributed by atoms with Gasteiger partial charge < -0.3 is 5.32 Å². The maximum absolute atomic E-state index is 11.6. The zero-order valence-corrected chi connectivity index (χ0v) is 10.8. The summed E-state index contributed by atoms with van der Waals surface area (Å²) in [7, 11) is 0. The summed E-state index contributed by atoms with van der Waals surface area (Å²) in [6.45, 7) is 4.55. The second-order valence-corrected chi connectivity index (χ2v) is 4.06. The Morgan fingerprint density at radius 2 is 2.28 bits per heavy atom. The summed E-state index contributed by atoms with van der Waals surface area (Å²) in [5.74, 6) is -0.372. The minimum absolute atomic E-state index is 0.147. The number of carbonyl (C=O) groups excluding carboxylic acids is 2. The Balaban J connectivity index is 2.34. The van der Waals surface area contributed by atoms with E-state index in [1.54, 1.807) is 0 Å². The predicted molar refractivity (Wildman–Crippen MR) is 71.0 cm³/mol. The maximum atomic E-state index is 11.6. The summed E-state index contributed by atoms with van der Waals surface area (Å²) < 4.78 is 0. The monoisotopic (exact) mass is 249 g/mol. The fourth-order valence-corrected chi connectivity index (χ4v) is 1.53. The first kappa shape index (κ1) is 14.2. The van der Waals surface area contributed by atoms with E-state index in [1.807, 2.05) is 19.1 Å². The van der Waals surface area contributed by atoms with Gasteiger partial charge in [0, 0.05) is 19.4 Å². The van der Waals surface area contributed by atoms with Crippen molar-refractivity contribution in [1.29, 1.82) is 0 Å². The molecule has 0 atom stereocenters. The molecule has 0 saturated heterocycles. The molecule has 5 heteroatoms. The fraction of sp³-hybridized carbons (Fsp3) is 0.462. The number of nitrogens with one attached hydrogen (secondary N) is 2. The lowest BCUT2D eigenvalue weighted by Crippen LogP contribution is -2.36. The Kier molecular flexibility index (Phi) is 5.84. The second-order valence-electron chi connectivity index (χ2n) is 4.06. The van der Waals surface area contributed by atoms with Crippen molar-refractivity contribution < 1.29 is 9.59 Å². The van der Waals surface area contributed by atoms with E-state index in [4.69, 9.17) is 0 Å².